The Hall–Kier alpha value is -1.07. The van der Waals surface area contributed by atoms with Gasteiger partial charge >= 0.3 is 0 Å². The van der Waals surface area contributed by atoms with Gasteiger partial charge in [0.25, 0.3) is 5.91 Å². The summed E-state index contributed by atoms with van der Waals surface area (Å²) >= 11 is 5.84. The molecule has 116 valence electrons. The Balaban J connectivity index is 2.23. The second-order valence-corrected chi connectivity index (χ2v) is 8.58. The summed E-state index contributed by atoms with van der Waals surface area (Å²) in [6, 6.07) is 6.49. The van der Waals surface area contributed by atoms with E-state index >= 15 is 0 Å². The van der Waals surface area contributed by atoms with E-state index < -0.39 is 9.84 Å². The fourth-order valence-corrected chi connectivity index (χ4v) is 4.43. The molecular weight excluding hydrogens is 310 g/mol. The standard InChI is InChI=1S/C15H20ClNO3S/c1-11(2)9-17(14-7-8-21(19,20)10-14)15(18)12-3-5-13(16)6-4-12/h3-6,11,14H,7-10H2,1-2H3/t14-/m0/s1. The van der Waals surface area contributed by atoms with Crippen molar-refractivity contribution in [3.63, 3.8) is 0 Å². The third-order valence-electron chi connectivity index (χ3n) is 3.56. The Labute approximate surface area is 131 Å². The lowest BCUT2D eigenvalue weighted by Crippen LogP contribution is -2.43. The molecule has 0 radical (unpaired) electrons. The molecule has 1 fully saturated rings. The van der Waals surface area contributed by atoms with Crippen molar-refractivity contribution in [2.45, 2.75) is 26.3 Å². The van der Waals surface area contributed by atoms with Crippen LogP contribution in [0.1, 0.15) is 30.6 Å². The lowest BCUT2D eigenvalue weighted by molar-refractivity contribution is 0.0672. The first-order chi connectivity index (χ1) is 9.78. The maximum atomic E-state index is 12.7. The van der Waals surface area contributed by atoms with E-state index in [0.717, 1.165) is 0 Å². The highest BCUT2D eigenvalue weighted by atomic mass is 35.5. The third kappa shape index (κ3) is 4.20. The molecule has 1 heterocycles. The van der Waals surface area contributed by atoms with Gasteiger partial charge in [-0.15, -0.1) is 0 Å². The van der Waals surface area contributed by atoms with Crippen LogP contribution in [-0.2, 0) is 9.84 Å². The molecule has 0 N–H and O–H groups in total. The normalized spacial score (nSPS) is 20.7. The number of sulfone groups is 1. The van der Waals surface area contributed by atoms with Crippen LogP contribution < -0.4 is 0 Å². The zero-order chi connectivity index (χ0) is 15.6. The molecule has 0 unspecified atom stereocenters. The van der Waals surface area contributed by atoms with E-state index in [1.165, 1.54) is 0 Å². The van der Waals surface area contributed by atoms with E-state index in [1.807, 2.05) is 13.8 Å². The molecule has 1 saturated heterocycles. The first-order valence-corrected chi connectivity index (χ1v) is 9.25. The first-order valence-electron chi connectivity index (χ1n) is 7.05. The molecule has 1 atom stereocenters. The molecule has 1 aliphatic heterocycles. The van der Waals surface area contributed by atoms with Crippen LogP contribution in [0.2, 0.25) is 5.02 Å². The quantitative estimate of drug-likeness (QED) is 0.853. The van der Waals surface area contributed by atoms with Crippen molar-refractivity contribution in [3.05, 3.63) is 34.9 Å². The van der Waals surface area contributed by atoms with E-state index in [4.69, 9.17) is 11.6 Å². The van der Waals surface area contributed by atoms with Gasteiger partial charge in [0.05, 0.1) is 11.5 Å². The van der Waals surface area contributed by atoms with Gasteiger partial charge in [0, 0.05) is 23.2 Å². The molecule has 1 aromatic rings. The maximum absolute atomic E-state index is 12.7. The van der Waals surface area contributed by atoms with Crippen LogP contribution in [0.5, 0.6) is 0 Å². The number of carbonyl (C=O) groups excluding carboxylic acids is 1. The van der Waals surface area contributed by atoms with Gasteiger partial charge in [-0.1, -0.05) is 25.4 Å². The average Bonchev–Trinajstić information content (AvgIpc) is 2.76. The summed E-state index contributed by atoms with van der Waals surface area (Å²) in [7, 11) is -3.01. The average molecular weight is 330 g/mol. The zero-order valence-corrected chi connectivity index (χ0v) is 13.8. The molecule has 0 saturated carbocycles. The number of halogens is 1. The van der Waals surface area contributed by atoms with E-state index in [1.54, 1.807) is 29.2 Å². The van der Waals surface area contributed by atoms with Crippen LogP contribution in [0.15, 0.2) is 24.3 Å². The van der Waals surface area contributed by atoms with Crippen molar-refractivity contribution in [2.75, 3.05) is 18.1 Å². The summed E-state index contributed by atoms with van der Waals surface area (Å²) in [6.07, 6.45) is 0.522. The minimum atomic E-state index is -3.01. The molecule has 0 bridgehead atoms. The van der Waals surface area contributed by atoms with Crippen LogP contribution in [0.4, 0.5) is 0 Å². The van der Waals surface area contributed by atoms with Crippen molar-refractivity contribution in [2.24, 2.45) is 5.92 Å². The third-order valence-corrected chi connectivity index (χ3v) is 5.57. The molecule has 1 aliphatic rings. The van der Waals surface area contributed by atoms with Crippen molar-refractivity contribution in [1.29, 1.82) is 0 Å². The monoisotopic (exact) mass is 329 g/mol. The van der Waals surface area contributed by atoms with Gasteiger partial charge in [-0.05, 0) is 36.6 Å². The smallest absolute Gasteiger partial charge is 0.254 e. The first kappa shape index (κ1) is 16.3. The second kappa shape index (κ2) is 6.36. The van der Waals surface area contributed by atoms with Gasteiger partial charge in [-0.2, -0.15) is 0 Å². The van der Waals surface area contributed by atoms with E-state index in [9.17, 15) is 13.2 Å². The SMILES string of the molecule is CC(C)CN(C(=O)c1ccc(Cl)cc1)[C@H]1CCS(=O)(=O)C1. The highest BCUT2D eigenvalue weighted by molar-refractivity contribution is 7.91. The van der Waals surface area contributed by atoms with Crippen LogP contribution in [0.3, 0.4) is 0 Å². The molecule has 6 heteroatoms. The summed E-state index contributed by atoms with van der Waals surface area (Å²) in [4.78, 5) is 14.4. The van der Waals surface area contributed by atoms with E-state index in [2.05, 4.69) is 0 Å². The predicted octanol–water partition coefficient (Wildman–Crippen LogP) is 2.63. The lowest BCUT2D eigenvalue weighted by atomic mass is 10.1. The number of rotatable bonds is 4. The van der Waals surface area contributed by atoms with Crippen molar-refractivity contribution >= 4 is 27.3 Å². The highest BCUT2D eigenvalue weighted by Crippen LogP contribution is 2.22. The van der Waals surface area contributed by atoms with Gasteiger partial charge in [0.1, 0.15) is 0 Å². The molecule has 0 spiro atoms. The number of amides is 1. The summed E-state index contributed by atoms with van der Waals surface area (Å²) < 4.78 is 23.4. The molecule has 1 aromatic carbocycles. The minimum Gasteiger partial charge on any atom is -0.334 e. The van der Waals surface area contributed by atoms with Crippen molar-refractivity contribution in [3.8, 4) is 0 Å². The van der Waals surface area contributed by atoms with Crippen LogP contribution in [0.25, 0.3) is 0 Å². The molecular formula is C15H20ClNO3S. The van der Waals surface area contributed by atoms with Crippen molar-refractivity contribution in [1.82, 2.24) is 4.90 Å². The number of hydrogen-bond acceptors (Lipinski definition) is 3. The van der Waals surface area contributed by atoms with Gasteiger partial charge in [0.15, 0.2) is 9.84 Å². The Bertz CT molecular complexity index is 610. The molecule has 21 heavy (non-hydrogen) atoms. The van der Waals surface area contributed by atoms with Gasteiger partial charge in [0.2, 0.25) is 0 Å². The van der Waals surface area contributed by atoms with Crippen LogP contribution in [0, 0.1) is 5.92 Å². The highest BCUT2D eigenvalue weighted by Gasteiger charge is 2.35. The Morgan fingerprint density at radius 1 is 1.33 bits per heavy atom. The summed E-state index contributed by atoms with van der Waals surface area (Å²) in [5.74, 6) is 0.395. The number of benzene rings is 1. The van der Waals surface area contributed by atoms with Gasteiger partial charge in [-0.25, -0.2) is 8.42 Å². The molecule has 0 aliphatic carbocycles. The number of hydrogen-bond donors (Lipinski definition) is 0. The summed E-state index contributed by atoms with van der Waals surface area (Å²) in [6.45, 7) is 4.60. The lowest BCUT2D eigenvalue weighted by Gasteiger charge is -2.30. The Morgan fingerprint density at radius 2 is 1.95 bits per heavy atom. The largest absolute Gasteiger partial charge is 0.334 e. The number of nitrogens with zero attached hydrogens (tertiary/aromatic N) is 1. The molecule has 0 aromatic heterocycles. The Morgan fingerprint density at radius 3 is 2.43 bits per heavy atom. The molecule has 2 rings (SSSR count). The fourth-order valence-electron chi connectivity index (χ4n) is 2.57. The van der Waals surface area contributed by atoms with Crippen LogP contribution in [-0.4, -0.2) is 43.3 Å². The zero-order valence-electron chi connectivity index (χ0n) is 12.3. The predicted molar refractivity (Wildman–Crippen MR) is 84.4 cm³/mol. The molecule has 4 nitrogen and oxygen atoms in total. The molecule has 1 amide bonds. The van der Waals surface area contributed by atoms with Crippen LogP contribution >= 0.6 is 11.6 Å². The van der Waals surface area contributed by atoms with Crippen molar-refractivity contribution < 1.29 is 13.2 Å². The number of carbonyl (C=O) groups is 1. The summed E-state index contributed by atoms with van der Waals surface area (Å²) in [5, 5.41) is 0.574. The van der Waals surface area contributed by atoms with Gasteiger partial charge in [-0.3, -0.25) is 4.79 Å². The fraction of sp³-hybridized carbons (Fsp3) is 0.533. The van der Waals surface area contributed by atoms with E-state index in [0.29, 0.717) is 23.6 Å². The maximum Gasteiger partial charge on any atom is 0.254 e. The summed E-state index contributed by atoms with van der Waals surface area (Å²) in [5.41, 5.74) is 0.546. The topological polar surface area (TPSA) is 54.5 Å². The van der Waals surface area contributed by atoms with Gasteiger partial charge < -0.3 is 4.90 Å². The van der Waals surface area contributed by atoms with E-state index in [-0.39, 0.29) is 29.4 Å². The second-order valence-electron chi connectivity index (χ2n) is 5.92. The Kier molecular flexibility index (Phi) is 4.94. The minimum absolute atomic E-state index is 0.0685.